The molecule has 0 aliphatic rings. The van der Waals surface area contributed by atoms with Crippen LogP contribution in [0, 0.1) is 0 Å². The van der Waals surface area contributed by atoms with E-state index in [1.54, 1.807) is 30.3 Å². The fourth-order valence-corrected chi connectivity index (χ4v) is 1.74. The first-order chi connectivity index (χ1) is 8.59. The van der Waals surface area contributed by atoms with E-state index in [9.17, 15) is 9.90 Å². The van der Waals surface area contributed by atoms with Crippen molar-refractivity contribution in [1.29, 1.82) is 0 Å². The minimum atomic E-state index is -1.21. The summed E-state index contributed by atoms with van der Waals surface area (Å²) in [5.74, 6) is -0.432. The van der Waals surface area contributed by atoms with E-state index >= 15 is 0 Å². The maximum Gasteiger partial charge on any atom is 0.197 e. The minimum Gasteiger partial charge on any atom is -0.399 e. The van der Waals surface area contributed by atoms with Crippen LogP contribution in [0.1, 0.15) is 22.0 Å². The summed E-state index contributed by atoms with van der Waals surface area (Å²) in [6.07, 6.45) is -1.21. The van der Waals surface area contributed by atoms with Gasteiger partial charge in [-0.1, -0.05) is 30.3 Å². The summed E-state index contributed by atoms with van der Waals surface area (Å²) in [4.78, 5) is 12.1. The van der Waals surface area contributed by atoms with Crippen molar-refractivity contribution in [3.8, 4) is 0 Å². The van der Waals surface area contributed by atoms with Crippen molar-refractivity contribution in [3.05, 3.63) is 59.7 Å². The highest BCUT2D eigenvalue weighted by atomic mass is 16.3. The lowest BCUT2D eigenvalue weighted by atomic mass is 9.98. The van der Waals surface area contributed by atoms with E-state index in [1.807, 2.05) is 6.07 Å². The molecule has 0 radical (unpaired) electrons. The molecule has 4 heteroatoms. The third-order valence-electron chi connectivity index (χ3n) is 2.70. The Kier molecular flexibility index (Phi) is 3.30. The maximum atomic E-state index is 12.1. The van der Waals surface area contributed by atoms with Gasteiger partial charge in [-0.05, 0) is 23.8 Å². The van der Waals surface area contributed by atoms with E-state index < -0.39 is 11.9 Å². The molecule has 0 saturated heterocycles. The predicted octanol–water partition coefficient (Wildman–Crippen LogP) is 1.77. The van der Waals surface area contributed by atoms with Crippen molar-refractivity contribution in [2.24, 2.45) is 0 Å². The first kappa shape index (κ1) is 12.1. The van der Waals surface area contributed by atoms with E-state index in [0.717, 1.165) is 0 Å². The number of hydrogen-bond acceptors (Lipinski definition) is 4. The molecular weight excluding hydrogens is 228 g/mol. The minimum absolute atomic E-state index is 0.273. The number of aliphatic hydroxyl groups excluding tert-OH is 1. The third kappa shape index (κ3) is 2.33. The van der Waals surface area contributed by atoms with Gasteiger partial charge in [-0.3, -0.25) is 4.79 Å². The van der Waals surface area contributed by atoms with Crippen LogP contribution in [-0.2, 0) is 0 Å². The zero-order chi connectivity index (χ0) is 13.1. The summed E-state index contributed by atoms with van der Waals surface area (Å²) < 4.78 is 0. The summed E-state index contributed by atoms with van der Waals surface area (Å²) in [6.45, 7) is 0. The molecule has 2 aromatic rings. The quantitative estimate of drug-likeness (QED) is 0.565. The average Bonchev–Trinajstić information content (AvgIpc) is 2.38. The molecule has 0 aliphatic heterocycles. The molecular formula is C14H14N2O2. The molecule has 0 spiro atoms. The van der Waals surface area contributed by atoms with Crippen LogP contribution >= 0.6 is 0 Å². The van der Waals surface area contributed by atoms with Crippen molar-refractivity contribution in [1.82, 2.24) is 0 Å². The van der Waals surface area contributed by atoms with E-state index in [1.165, 1.54) is 12.1 Å². The first-order valence-electron chi connectivity index (χ1n) is 5.52. The number of ketones is 1. The van der Waals surface area contributed by atoms with Gasteiger partial charge in [0.15, 0.2) is 5.78 Å². The Balaban J connectivity index is 2.32. The lowest BCUT2D eigenvalue weighted by Gasteiger charge is -2.11. The summed E-state index contributed by atoms with van der Waals surface area (Å²) in [7, 11) is 0. The Hall–Kier alpha value is -2.33. The zero-order valence-corrected chi connectivity index (χ0v) is 9.71. The highest BCUT2D eigenvalue weighted by Gasteiger charge is 2.20. The Morgan fingerprint density at radius 1 is 1.06 bits per heavy atom. The predicted molar refractivity (Wildman–Crippen MR) is 71.0 cm³/mol. The number of carbonyl (C=O) groups excluding carboxylic acids is 1. The summed E-state index contributed by atoms with van der Waals surface area (Å²) >= 11 is 0. The van der Waals surface area contributed by atoms with Crippen molar-refractivity contribution in [2.75, 3.05) is 11.5 Å². The number of nitrogen functional groups attached to an aromatic ring is 2. The number of aliphatic hydroxyl groups is 1. The normalized spacial score (nSPS) is 12.1. The Bertz CT molecular complexity index is 567. The van der Waals surface area contributed by atoms with E-state index in [0.29, 0.717) is 11.3 Å². The molecule has 92 valence electrons. The second kappa shape index (κ2) is 4.89. The topological polar surface area (TPSA) is 89.3 Å². The van der Waals surface area contributed by atoms with Gasteiger partial charge in [0.05, 0.1) is 0 Å². The highest BCUT2D eigenvalue weighted by molar-refractivity contribution is 6.04. The summed E-state index contributed by atoms with van der Waals surface area (Å²) in [5.41, 5.74) is 12.9. The van der Waals surface area contributed by atoms with Gasteiger partial charge in [-0.25, -0.2) is 0 Å². The Morgan fingerprint density at radius 3 is 2.33 bits per heavy atom. The van der Waals surface area contributed by atoms with Crippen LogP contribution in [0.5, 0.6) is 0 Å². The van der Waals surface area contributed by atoms with Crippen molar-refractivity contribution < 1.29 is 9.90 Å². The molecule has 0 aromatic heterocycles. The number of nitrogens with two attached hydrogens (primary N) is 2. The van der Waals surface area contributed by atoms with Gasteiger partial charge in [-0.15, -0.1) is 0 Å². The van der Waals surface area contributed by atoms with Crippen LogP contribution in [0.4, 0.5) is 11.4 Å². The number of rotatable bonds is 3. The van der Waals surface area contributed by atoms with Gasteiger partial charge in [0, 0.05) is 16.9 Å². The molecule has 0 bridgehead atoms. The molecule has 0 heterocycles. The highest BCUT2D eigenvalue weighted by Crippen LogP contribution is 2.23. The average molecular weight is 242 g/mol. The maximum absolute atomic E-state index is 12.1. The molecule has 5 N–H and O–H groups in total. The van der Waals surface area contributed by atoms with Crippen LogP contribution in [0.3, 0.4) is 0 Å². The lowest BCUT2D eigenvalue weighted by molar-refractivity contribution is 0.0748. The molecule has 0 fully saturated rings. The van der Waals surface area contributed by atoms with Gasteiger partial charge in [-0.2, -0.15) is 0 Å². The third-order valence-corrected chi connectivity index (χ3v) is 2.70. The number of hydrogen-bond donors (Lipinski definition) is 3. The van der Waals surface area contributed by atoms with Crippen LogP contribution in [0.25, 0.3) is 0 Å². The number of benzene rings is 2. The number of Topliss-reactive ketones (excluding diaryl/α,β-unsaturated/α-hetero) is 1. The largest absolute Gasteiger partial charge is 0.399 e. The molecule has 0 amide bonds. The van der Waals surface area contributed by atoms with Gasteiger partial charge in [0.2, 0.25) is 0 Å². The second-order valence-electron chi connectivity index (χ2n) is 4.02. The van der Waals surface area contributed by atoms with Gasteiger partial charge >= 0.3 is 0 Å². The second-order valence-corrected chi connectivity index (χ2v) is 4.02. The SMILES string of the molecule is Nc1ccc(C(=O)C(O)c2ccccc2)c(N)c1. The van der Waals surface area contributed by atoms with Crippen LogP contribution in [0.15, 0.2) is 48.5 Å². The van der Waals surface area contributed by atoms with Crippen molar-refractivity contribution >= 4 is 17.2 Å². The van der Waals surface area contributed by atoms with Crippen molar-refractivity contribution in [3.63, 3.8) is 0 Å². The molecule has 2 rings (SSSR count). The van der Waals surface area contributed by atoms with Gasteiger partial charge < -0.3 is 16.6 Å². The zero-order valence-electron chi connectivity index (χ0n) is 9.71. The monoisotopic (exact) mass is 242 g/mol. The first-order valence-corrected chi connectivity index (χ1v) is 5.52. The molecule has 0 saturated carbocycles. The fourth-order valence-electron chi connectivity index (χ4n) is 1.74. The van der Waals surface area contributed by atoms with E-state index in [4.69, 9.17) is 11.5 Å². The molecule has 0 aliphatic carbocycles. The fraction of sp³-hybridized carbons (Fsp3) is 0.0714. The lowest BCUT2D eigenvalue weighted by Crippen LogP contribution is -2.14. The molecule has 1 unspecified atom stereocenters. The molecule has 2 aromatic carbocycles. The molecule has 1 atom stereocenters. The summed E-state index contributed by atoms with van der Waals surface area (Å²) in [6, 6.07) is 13.3. The summed E-state index contributed by atoms with van der Waals surface area (Å²) in [5, 5.41) is 10.00. The van der Waals surface area contributed by atoms with Gasteiger partial charge in [0.1, 0.15) is 6.10 Å². The van der Waals surface area contributed by atoms with E-state index in [2.05, 4.69) is 0 Å². The van der Waals surface area contributed by atoms with E-state index in [-0.39, 0.29) is 11.3 Å². The molecule has 4 nitrogen and oxygen atoms in total. The number of carbonyl (C=O) groups is 1. The number of anilines is 2. The van der Waals surface area contributed by atoms with Crippen LogP contribution in [-0.4, -0.2) is 10.9 Å². The van der Waals surface area contributed by atoms with Crippen LogP contribution in [0.2, 0.25) is 0 Å². The Morgan fingerprint density at radius 2 is 1.72 bits per heavy atom. The molecule has 18 heavy (non-hydrogen) atoms. The van der Waals surface area contributed by atoms with Gasteiger partial charge in [0.25, 0.3) is 0 Å². The Labute approximate surface area is 105 Å². The smallest absolute Gasteiger partial charge is 0.197 e. The van der Waals surface area contributed by atoms with Crippen LogP contribution < -0.4 is 11.5 Å². The standard InChI is InChI=1S/C14H14N2O2/c15-10-6-7-11(12(16)8-10)14(18)13(17)9-4-2-1-3-5-9/h1-8,13,17H,15-16H2. The van der Waals surface area contributed by atoms with Crippen molar-refractivity contribution in [2.45, 2.75) is 6.10 Å².